The van der Waals surface area contributed by atoms with Gasteiger partial charge in [-0.2, -0.15) is 0 Å². The number of nitrogens with one attached hydrogen (secondary N) is 2. The van der Waals surface area contributed by atoms with Crippen LogP contribution in [0.15, 0.2) is 48.0 Å². The molecule has 1 saturated heterocycles. The van der Waals surface area contributed by atoms with Gasteiger partial charge in [0.15, 0.2) is 0 Å². The highest BCUT2D eigenvalue weighted by Crippen LogP contribution is 2.27. The minimum atomic E-state index is -0.883. The van der Waals surface area contributed by atoms with E-state index in [9.17, 15) is 19.2 Å². The minimum absolute atomic E-state index is 0.101. The molecule has 1 heterocycles. The number of esters is 1. The second kappa shape index (κ2) is 7.93. The number of carbonyl (C=O) groups is 4. The lowest BCUT2D eigenvalue weighted by molar-refractivity contribution is -0.123. The van der Waals surface area contributed by atoms with Crippen LogP contribution >= 0.6 is 11.6 Å². The van der Waals surface area contributed by atoms with Crippen molar-refractivity contribution in [1.82, 2.24) is 10.6 Å². The number of halogens is 1. The lowest BCUT2D eigenvalue weighted by atomic mass is 10.1. The Morgan fingerprint density at radius 2 is 1.64 bits per heavy atom. The van der Waals surface area contributed by atoms with E-state index in [0.29, 0.717) is 16.9 Å². The van der Waals surface area contributed by atoms with Crippen LogP contribution in [0, 0.1) is 0 Å². The summed E-state index contributed by atoms with van der Waals surface area (Å²) in [6.45, 7) is 0. The van der Waals surface area contributed by atoms with Gasteiger partial charge in [0.1, 0.15) is 17.1 Å². The Hall–Kier alpha value is -3.65. The van der Waals surface area contributed by atoms with E-state index in [4.69, 9.17) is 21.1 Å². The third-order valence-electron chi connectivity index (χ3n) is 3.74. The molecule has 2 aromatic carbocycles. The van der Waals surface area contributed by atoms with Gasteiger partial charge in [-0.1, -0.05) is 17.7 Å². The standard InChI is InChI=1S/C19H13ClN2O6/c1-27-12-5-3-11(4-6-12)18(25)28-15-7-2-10(9-14(15)20)8-13-16(23)21-19(26)22-17(13)24/h2-9H,1H3,(H2,21,22,23,24,26). The van der Waals surface area contributed by atoms with Crippen LogP contribution in [0.1, 0.15) is 15.9 Å². The van der Waals surface area contributed by atoms with E-state index in [1.807, 2.05) is 10.6 Å². The molecule has 1 aliphatic heterocycles. The first-order chi connectivity index (χ1) is 13.4. The lowest BCUT2D eigenvalue weighted by Gasteiger charge is -2.14. The molecule has 3 rings (SSSR count). The number of benzene rings is 2. The lowest BCUT2D eigenvalue weighted by Crippen LogP contribution is -2.51. The number of imide groups is 2. The fourth-order valence-electron chi connectivity index (χ4n) is 2.35. The first-order valence-corrected chi connectivity index (χ1v) is 8.29. The highest BCUT2D eigenvalue weighted by atomic mass is 35.5. The number of hydrogen-bond donors (Lipinski definition) is 2. The first-order valence-electron chi connectivity index (χ1n) is 7.91. The molecule has 2 N–H and O–H groups in total. The average molecular weight is 401 g/mol. The zero-order valence-corrected chi connectivity index (χ0v) is 15.2. The van der Waals surface area contributed by atoms with Crippen molar-refractivity contribution < 1.29 is 28.7 Å². The maximum atomic E-state index is 12.2. The number of ether oxygens (including phenoxy) is 2. The van der Waals surface area contributed by atoms with Gasteiger partial charge in [-0.3, -0.25) is 20.2 Å². The number of amides is 4. The van der Waals surface area contributed by atoms with Crippen LogP contribution in [0.2, 0.25) is 5.02 Å². The molecule has 0 aromatic heterocycles. The molecule has 0 aliphatic carbocycles. The van der Waals surface area contributed by atoms with Crippen molar-refractivity contribution in [3.8, 4) is 11.5 Å². The molecule has 4 amide bonds. The van der Waals surface area contributed by atoms with Crippen molar-refractivity contribution in [3.63, 3.8) is 0 Å². The van der Waals surface area contributed by atoms with Crippen molar-refractivity contribution in [2.24, 2.45) is 0 Å². The summed E-state index contributed by atoms with van der Waals surface area (Å²) in [5.74, 6) is -1.54. The van der Waals surface area contributed by atoms with Gasteiger partial charge >= 0.3 is 12.0 Å². The Morgan fingerprint density at radius 3 is 2.21 bits per heavy atom. The second-order valence-electron chi connectivity index (χ2n) is 5.60. The van der Waals surface area contributed by atoms with Gasteiger partial charge in [0.2, 0.25) is 0 Å². The summed E-state index contributed by atoms with van der Waals surface area (Å²) in [4.78, 5) is 46.8. The molecule has 0 atom stereocenters. The maximum Gasteiger partial charge on any atom is 0.343 e. The van der Waals surface area contributed by atoms with E-state index in [1.54, 1.807) is 24.3 Å². The van der Waals surface area contributed by atoms with Gasteiger partial charge < -0.3 is 9.47 Å². The fourth-order valence-corrected chi connectivity index (χ4v) is 2.58. The molecule has 0 saturated carbocycles. The van der Waals surface area contributed by atoms with Gasteiger partial charge in [-0.05, 0) is 48.0 Å². The van der Waals surface area contributed by atoms with Crippen LogP contribution in [-0.4, -0.2) is 30.9 Å². The van der Waals surface area contributed by atoms with E-state index in [0.717, 1.165) is 0 Å². The number of methoxy groups -OCH3 is 1. The topological polar surface area (TPSA) is 111 Å². The summed E-state index contributed by atoms with van der Waals surface area (Å²) < 4.78 is 10.3. The Balaban J connectivity index is 1.77. The number of urea groups is 1. The zero-order valence-electron chi connectivity index (χ0n) is 14.4. The quantitative estimate of drug-likeness (QED) is 0.352. The monoisotopic (exact) mass is 400 g/mol. The normalized spacial score (nSPS) is 13.5. The summed E-state index contributed by atoms with van der Waals surface area (Å²) >= 11 is 6.14. The highest BCUT2D eigenvalue weighted by molar-refractivity contribution is 6.33. The number of carbonyl (C=O) groups excluding carboxylic acids is 4. The summed E-state index contributed by atoms with van der Waals surface area (Å²) in [6, 6.07) is 9.82. The Kier molecular flexibility index (Phi) is 5.42. The predicted octanol–water partition coefficient (Wildman–Crippen LogP) is 2.32. The SMILES string of the molecule is COc1ccc(C(=O)Oc2ccc(C=C3C(=O)NC(=O)NC3=O)cc2Cl)cc1. The second-order valence-corrected chi connectivity index (χ2v) is 6.01. The molecule has 28 heavy (non-hydrogen) atoms. The Labute approximate surface area is 164 Å². The molecule has 142 valence electrons. The van der Waals surface area contributed by atoms with Crippen molar-refractivity contribution in [2.45, 2.75) is 0 Å². The number of rotatable bonds is 4. The van der Waals surface area contributed by atoms with Crippen molar-refractivity contribution in [3.05, 3.63) is 64.2 Å². The molecule has 1 fully saturated rings. The average Bonchev–Trinajstić information content (AvgIpc) is 2.66. The smallest absolute Gasteiger partial charge is 0.343 e. The molecule has 0 spiro atoms. The van der Waals surface area contributed by atoms with Crippen LogP contribution in [0.5, 0.6) is 11.5 Å². The van der Waals surface area contributed by atoms with Crippen LogP contribution in [0.3, 0.4) is 0 Å². The van der Waals surface area contributed by atoms with E-state index >= 15 is 0 Å². The van der Waals surface area contributed by atoms with E-state index in [1.165, 1.54) is 31.4 Å². The van der Waals surface area contributed by atoms with E-state index < -0.39 is 23.8 Å². The summed E-state index contributed by atoms with van der Waals surface area (Å²) in [5, 5.41) is 4.04. The molecular formula is C19H13ClN2O6. The van der Waals surface area contributed by atoms with E-state index in [2.05, 4.69) is 0 Å². The molecule has 2 aromatic rings. The van der Waals surface area contributed by atoms with Gasteiger partial charge in [0.25, 0.3) is 11.8 Å². The highest BCUT2D eigenvalue weighted by Gasteiger charge is 2.27. The van der Waals surface area contributed by atoms with Gasteiger partial charge in [0, 0.05) is 0 Å². The van der Waals surface area contributed by atoms with Crippen LogP contribution < -0.4 is 20.1 Å². The van der Waals surface area contributed by atoms with Crippen LogP contribution in [-0.2, 0) is 9.59 Å². The molecule has 0 radical (unpaired) electrons. The van der Waals surface area contributed by atoms with Crippen molar-refractivity contribution in [2.75, 3.05) is 7.11 Å². The number of barbiturate groups is 1. The van der Waals surface area contributed by atoms with Gasteiger partial charge in [-0.25, -0.2) is 9.59 Å². The zero-order chi connectivity index (χ0) is 20.3. The molecule has 1 aliphatic rings. The summed E-state index contributed by atoms with van der Waals surface area (Å²) in [5.41, 5.74) is 0.464. The summed E-state index contributed by atoms with van der Waals surface area (Å²) in [6.07, 6.45) is 1.26. The van der Waals surface area contributed by atoms with E-state index in [-0.39, 0.29) is 16.3 Å². The molecular weight excluding hydrogens is 388 g/mol. The maximum absolute atomic E-state index is 12.2. The third kappa shape index (κ3) is 4.18. The fraction of sp³-hybridized carbons (Fsp3) is 0.0526. The molecule has 0 unspecified atom stereocenters. The first kappa shape index (κ1) is 19.1. The molecule has 8 nitrogen and oxygen atoms in total. The predicted molar refractivity (Wildman–Crippen MR) is 99.1 cm³/mol. The Morgan fingerprint density at radius 1 is 1.00 bits per heavy atom. The largest absolute Gasteiger partial charge is 0.497 e. The van der Waals surface area contributed by atoms with Crippen molar-refractivity contribution in [1.29, 1.82) is 0 Å². The third-order valence-corrected chi connectivity index (χ3v) is 4.03. The number of hydrogen-bond acceptors (Lipinski definition) is 6. The van der Waals surface area contributed by atoms with Crippen LogP contribution in [0.25, 0.3) is 6.08 Å². The summed E-state index contributed by atoms with van der Waals surface area (Å²) in [7, 11) is 1.52. The molecule has 0 bridgehead atoms. The van der Waals surface area contributed by atoms with Crippen LogP contribution in [0.4, 0.5) is 4.79 Å². The van der Waals surface area contributed by atoms with Gasteiger partial charge in [0.05, 0.1) is 17.7 Å². The van der Waals surface area contributed by atoms with Gasteiger partial charge in [-0.15, -0.1) is 0 Å². The van der Waals surface area contributed by atoms with Crippen molar-refractivity contribution >= 4 is 41.5 Å². The molecule has 9 heteroatoms. The minimum Gasteiger partial charge on any atom is -0.497 e. The Bertz CT molecular complexity index is 992.